The van der Waals surface area contributed by atoms with Gasteiger partial charge in [0.1, 0.15) is 18.9 Å². The van der Waals surface area contributed by atoms with Crippen LogP contribution in [0.1, 0.15) is 40.2 Å². The molecule has 0 spiro atoms. The van der Waals surface area contributed by atoms with Crippen molar-refractivity contribution in [2.45, 2.75) is 32.2 Å². The summed E-state index contributed by atoms with van der Waals surface area (Å²) in [7, 11) is 0. The third-order valence-electron chi connectivity index (χ3n) is 3.61. The number of rotatable bonds is 3. The fourth-order valence-corrected chi connectivity index (χ4v) is 2.57. The van der Waals surface area contributed by atoms with Gasteiger partial charge in [0.15, 0.2) is 5.78 Å². The predicted molar refractivity (Wildman–Crippen MR) is 72.2 cm³/mol. The number of fused-ring (bicyclic) bond motifs is 1. The Morgan fingerprint density at radius 2 is 2.10 bits per heavy atom. The van der Waals surface area contributed by atoms with Crippen molar-refractivity contribution in [2.75, 3.05) is 0 Å². The van der Waals surface area contributed by atoms with Gasteiger partial charge in [0.2, 0.25) is 0 Å². The van der Waals surface area contributed by atoms with Crippen LogP contribution in [0.4, 0.5) is 0 Å². The van der Waals surface area contributed by atoms with E-state index >= 15 is 0 Å². The number of ketones is 1. The molecule has 0 unspecified atom stereocenters. The molecule has 1 aliphatic rings. The highest BCUT2D eigenvalue weighted by Gasteiger charge is 2.13. The van der Waals surface area contributed by atoms with Crippen molar-refractivity contribution in [3.63, 3.8) is 0 Å². The van der Waals surface area contributed by atoms with Gasteiger partial charge in [-0.05, 0) is 42.9 Å². The molecule has 0 aliphatic heterocycles. The zero-order valence-electron chi connectivity index (χ0n) is 11.0. The molecule has 0 N–H and O–H groups in total. The van der Waals surface area contributed by atoms with E-state index in [0.29, 0.717) is 5.56 Å². The summed E-state index contributed by atoms with van der Waals surface area (Å²) in [4.78, 5) is 16.0. The van der Waals surface area contributed by atoms with Crippen molar-refractivity contribution >= 4 is 5.78 Å². The number of benzene rings is 1. The lowest BCUT2D eigenvalue weighted by molar-refractivity contribution is 0.0967. The Kier molecular flexibility index (Phi) is 3.30. The second-order valence-corrected chi connectivity index (χ2v) is 4.99. The molecule has 0 radical (unpaired) electrons. The number of nitrogens with zero attached hydrogens (tertiary/aromatic N) is 4. The van der Waals surface area contributed by atoms with Crippen LogP contribution < -0.4 is 0 Å². The van der Waals surface area contributed by atoms with Gasteiger partial charge in [-0.2, -0.15) is 5.26 Å². The van der Waals surface area contributed by atoms with E-state index in [1.165, 1.54) is 35.0 Å². The van der Waals surface area contributed by atoms with Gasteiger partial charge >= 0.3 is 0 Å². The first kappa shape index (κ1) is 12.5. The number of nitriles is 1. The number of aryl methyl sites for hydroxylation is 2. The molecule has 100 valence electrons. The van der Waals surface area contributed by atoms with E-state index in [0.717, 1.165) is 12.8 Å². The summed E-state index contributed by atoms with van der Waals surface area (Å²) < 4.78 is 1.40. The molecule has 0 saturated heterocycles. The first-order chi connectivity index (χ1) is 9.76. The van der Waals surface area contributed by atoms with Crippen molar-refractivity contribution in [3.8, 4) is 6.07 Å². The van der Waals surface area contributed by atoms with Gasteiger partial charge in [0, 0.05) is 5.56 Å². The highest BCUT2D eigenvalue weighted by molar-refractivity contribution is 5.96. The fourth-order valence-electron chi connectivity index (χ4n) is 2.57. The molecule has 0 amide bonds. The van der Waals surface area contributed by atoms with Crippen LogP contribution in [0.3, 0.4) is 0 Å². The molecule has 20 heavy (non-hydrogen) atoms. The third kappa shape index (κ3) is 2.45. The Bertz CT molecular complexity index is 696. The summed E-state index contributed by atoms with van der Waals surface area (Å²) >= 11 is 0. The topological polar surface area (TPSA) is 71.6 Å². The average Bonchev–Trinajstić information content (AvgIpc) is 2.94. The van der Waals surface area contributed by atoms with Gasteiger partial charge in [-0.1, -0.05) is 12.1 Å². The Hall–Kier alpha value is -2.48. The maximum absolute atomic E-state index is 12.2. The molecule has 0 saturated carbocycles. The number of hydrogen-bond donors (Lipinski definition) is 0. The smallest absolute Gasteiger partial charge is 0.252 e. The van der Waals surface area contributed by atoms with Crippen LogP contribution in [0, 0.1) is 11.3 Å². The largest absolute Gasteiger partial charge is 0.292 e. The predicted octanol–water partition coefficient (Wildman–Crippen LogP) is 1.91. The quantitative estimate of drug-likeness (QED) is 0.795. The minimum atomic E-state index is -0.00670. The van der Waals surface area contributed by atoms with Crippen LogP contribution in [0.2, 0.25) is 0 Å². The second-order valence-electron chi connectivity index (χ2n) is 4.99. The molecule has 1 aliphatic carbocycles. The van der Waals surface area contributed by atoms with Gasteiger partial charge in [0.25, 0.3) is 5.82 Å². The summed E-state index contributed by atoms with van der Waals surface area (Å²) in [5.41, 5.74) is 3.36. The van der Waals surface area contributed by atoms with E-state index in [4.69, 9.17) is 5.26 Å². The van der Waals surface area contributed by atoms with Crippen LogP contribution in [0.5, 0.6) is 0 Å². The minimum Gasteiger partial charge on any atom is -0.292 e. The normalized spacial score (nSPS) is 13.6. The lowest BCUT2D eigenvalue weighted by Gasteiger charge is -2.16. The highest BCUT2D eigenvalue weighted by atomic mass is 16.1. The molecular weight excluding hydrogens is 252 g/mol. The highest BCUT2D eigenvalue weighted by Crippen LogP contribution is 2.22. The fraction of sp³-hybridized carbons (Fsp3) is 0.333. The lowest BCUT2D eigenvalue weighted by Crippen LogP contribution is -2.12. The monoisotopic (exact) mass is 266 g/mol. The van der Waals surface area contributed by atoms with Crippen LogP contribution in [0.25, 0.3) is 0 Å². The van der Waals surface area contributed by atoms with Crippen LogP contribution >= 0.6 is 0 Å². The van der Waals surface area contributed by atoms with Crippen molar-refractivity contribution in [1.29, 1.82) is 5.26 Å². The van der Waals surface area contributed by atoms with E-state index in [9.17, 15) is 4.79 Å². The van der Waals surface area contributed by atoms with Gasteiger partial charge in [-0.3, -0.25) is 4.79 Å². The third-order valence-corrected chi connectivity index (χ3v) is 3.61. The van der Waals surface area contributed by atoms with E-state index in [1.54, 1.807) is 0 Å². The number of carbonyl (C=O) groups excluding carboxylic acids is 1. The van der Waals surface area contributed by atoms with Crippen LogP contribution in [0.15, 0.2) is 24.5 Å². The minimum absolute atomic E-state index is 0.00670. The lowest BCUT2D eigenvalue weighted by atomic mass is 9.90. The molecule has 3 rings (SSSR count). The number of hydrogen-bond acceptors (Lipinski definition) is 4. The Balaban J connectivity index is 1.78. The van der Waals surface area contributed by atoms with Gasteiger partial charge in [-0.25, -0.2) is 9.67 Å². The SMILES string of the molecule is N#Cc1ncn(CC(=O)c2ccc3c(c2)CCCC3)n1. The summed E-state index contributed by atoms with van der Waals surface area (Å²) in [6.07, 6.45) is 6.00. The standard InChI is InChI=1S/C15H14N4O/c16-8-15-17-10-19(18-15)9-14(20)13-6-5-11-3-1-2-4-12(11)7-13/h5-7,10H,1-4,9H2. The van der Waals surface area contributed by atoms with Gasteiger partial charge < -0.3 is 0 Å². The maximum atomic E-state index is 12.2. The molecule has 0 atom stereocenters. The molecule has 0 bridgehead atoms. The van der Waals surface area contributed by atoms with Crippen LogP contribution in [-0.2, 0) is 19.4 Å². The number of carbonyl (C=O) groups is 1. The molecular formula is C15H14N4O. The molecule has 0 fully saturated rings. The summed E-state index contributed by atoms with van der Waals surface area (Å²) in [5, 5.41) is 12.6. The summed E-state index contributed by atoms with van der Waals surface area (Å²) in [5.74, 6) is 0.0796. The van der Waals surface area contributed by atoms with Crippen molar-refractivity contribution in [3.05, 3.63) is 47.0 Å². The molecule has 1 aromatic heterocycles. The van der Waals surface area contributed by atoms with Gasteiger partial charge in [-0.15, -0.1) is 5.10 Å². The van der Waals surface area contributed by atoms with Crippen molar-refractivity contribution in [2.24, 2.45) is 0 Å². The summed E-state index contributed by atoms with van der Waals surface area (Å²) in [6.45, 7) is 0.119. The molecule has 1 aromatic carbocycles. The van der Waals surface area contributed by atoms with Crippen molar-refractivity contribution in [1.82, 2.24) is 14.8 Å². The van der Waals surface area contributed by atoms with Gasteiger partial charge in [0.05, 0.1) is 0 Å². The summed E-state index contributed by atoms with van der Waals surface area (Å²) in [6, 6.07) is 7.79. The van der Waals surface area contributed by atoms with E-state index in [1.807, 2.05) is 18.2 Å². The molecule has 5 heteroatoms. The van der Waals surface area contributed by atoms with Crippen molar-refractivity contribution < 1.29 is 4.79 Å². The second kappa shape index (κ2) is 5.25. The Morgan fingerprint density at radius 3 is 2.85 bits per heavy atom. The maximum Gasteiger partial charge on any atom is 0.252 e. The van der Waals surface area contributed by atoms with Crippen LogP contribution in [-0.4, -0.2) is 20.5 Å². The molecule has 2 aromatic rings. The van der Waals surface area contributed by atoms with E-state index in [2.05, 4.69) is 16.1 Å². The van der Waals surface area contributed by atoms with E-state index in [-0.39, 0.29) is 18.2 Å². The average molecular weight is 266 g/mol. The zero-order valence-corrected chi connectivity index (χ0v) is 11.0. The first-order valence-corrected chi connectivity index (χ1v) is 6.71. The molecule has 1 heterocycles. The molecule has 5 nitrogen and oxygen atoms in total. The first-order valence-electron chi connectivity index (χ1n) is 6.71. The zero-order chi connectivity index (χ0) is 13.9. The van der Waals surface area contributed by atoms with E-state index < -0.39 is 0 Å². The Labute approximate surface area is 116 Å². The Morgan fingerprint density at radius 1 is 1.30 bits per heavy atom. The number of Topliss-reactive ketones (excluding diaryl/α,β-unsaturated/α-hetero) is 1. The number of aromatic nitrogens is 3.